The zero-order chi connectivity index (χ0) is 24.5. The van der Waals surface area contributed by atoms with Crippen molar-refractivity contribution in [1.82, 2.24) is 34.3 Å². The highest BCUT2D eigenvalue weighted by atomic mass is 16.5. The quantitative estimate of drug-likeness (QED) is 0.351. The van der Waals surface area contributed by atoms with Gasteiger partial charge in [0.2, 0.25) is 5.95 Å². The zero-order valence-electron chi connectivity index (χ0n) is 19.9. The molecule has 0 bridgehead atoms. The van der Waals surface area contributed by atoms with Gasteiger partial charge in [0.15, 0.2) is 17.0 Å². The molecule has 0 saturated carbocycles. The highest BCUT2D eigenvalue weighted by Gasteiger charge is 2.20. The molecule has 6 rings (SSSR count). The highest BCUT2D eigenvalue weighted by Crippen LogP contribution is 2.26. The molecule has 36 heavy (non-hydrogen) atoms. The van der Waals surface area contributed by atoms with Crippen LogP contribution in [0.25, 0.3) is 28.0 Å². The molecule has 4 aromatic heterocycles. The zero-order valence-corrected chi connectivity index (χ0v) is 19.9. The fraction of sp³-hybridized carbons (Fsp3) is 0.240. The van der Waals surface area contributed by atoms with Crippen LogP contribution in [0, 0.1) is 0 Å². The van der Waals surface area contributed by atoms with Crippen molar-refractivity contribution >= 4 is 28.6 Å². The van der Waals surface area contributed by atoms with E-state index in [0.29, 0.717) is 42.7 Å². The fourth-order valence-corrected chi connectivity index (χ4v) is 4.19. The van der Waals surface area contributed by atoms with E-state index in [-0.39, 0.29) is 0 Å². The van der Waals surface area contributed by atoms with Gasteiger partial charge in [-0.15, -0.1) is 0 Å². The summed E-state index contributed by atoms with van der Waals surface area (Å²) in [4.78, 5) is 21.1. The molecule has 5 heterocycles. The Bertz CT molecular complexity index is 1480. The molecule has 0 radical (unpaired) electrons. The second kappa shape index (κ2) is 9.27. The Morgan fingerprint density at radius 3 is 2.50 bits per heavy atom. The average molecular weight is 483 g/mol. The van der Waals surface area contributed by atoms with Crippen molar-refractivity contribution in [3.63, 3.8) is 0 Å². The number of hydrogen-bond donors (Lipinski definition) is 2. The average Bonchev–Trinajstić information content (AvgIpc) is 3.54. The maximum atomic E-state index is 5.80. The molecule has 3 N–H and O–H groups in total. The van der Waals surface area contributed by atoms with Crippen LogP contribution in [0.15, 0.2) is 61.3 Å². The monoisotopic (exact) mass is 482 g/mol. The molecular weight excluding hydrogens is 456 g/mol. The first-order valence-corrected chi connectivity index (χ1v) is 11.8. The minimum Gasteiger partial charge on any atom is -0.399 e. The Morgan fingerprint density at radius 2 is 1.78 bits per heavy atom. The van der Waals surface area contributed by atoms with Crippen LogP contribution in [0.5, 0.6) is 0 Å². The van der Waals surface area contributed by atoms with Crippen LogP contribution in [0.4, 0.5) is 17.5 Å². The first-order valence-electron chi connectivity index (χ1n) is 11.8. The number of rotatable bonds is 6. The molecule has 1 saturated heterocycles. The maximum absolute atomic E-state index is 5.80. The lowest BCUT2D eigenvalue weighted by molar-refractivity contribution is 0.122. The first kappa shape index (κ1) is 22.0. The van der Waals surface area contributed by atoms with E-state index in [1.54, 1.807) is 17.2 Å². The van der Waals surface area contributed by atoms with Gasteiger partial charge in [0.25, 0.3) is 0 Å². The number of aryl methyl sites for hydroxylation is 1. The predicted molar refractivity (Wildman–Crippen MR) is 138 cm³/mol. The Hall–Kier alpha value is -4.51. The molecular formula is C25H26N10O. The van der Waals surface area contributed by atoms with E-state index in [0.717, 1.165) is 41.3 Å². The van der Waals surface area contributed by atoms with Crippen molar-refractivity contribution in [2.45, 2.75) is 6.54 Å². The van der Waals surface area contributed by atoms with Crippen molar-refractivity contribution in [2.75, 3.05) is 42.3 Å². The van der Waals surface area contributed by atoms with Gasteiger partial charge in [0, 0.05) is 43.8 Å². The number of nitrogen functional groups attached to an aromatic ring is 1. The summed E-state index contributed by atoms with van der Waals surface area (Å²) in [6.45, 7) is 3.27. The number of pyridine rings is 1. The predicted octanol–water partition coefficient (Wildman–Crippen LogP) is 2.64. The molecule has 11 heteroatoms. The first-order chi connectivity index (χ1) is 17.6. The molecule has 0 amide bonds. The topological polar surface area (TPSA) is 125 Å². The molecule has 0 unspecified atom stereocenters. The van der Waals surface area contributed by atoms with Crippen LogP contribution in [-0.2, 0) is 18.3 Å². The lowest BCUT2D eigenvalue weighted by Crippen LogP contribution is -2.37. The van der Waals surface area contributed by atoms with Crippen molar-refractivity contribution in [1.29, 1.82) is 0 Å². The number of benzene rings is 1. The normalized spacial score (nSPS) is 13.9. The van der Waals surface area contributed by atoms with Gasteiger partial charge in [0.05, 0.1) is 37.3 Å². The number of ether oxygens (including phenoxy) is 1. The van der Waals surface area contributed by atoms with Crippen molar-refractivity contribution in [2.24, 2.45) is 7.05 Å². The summed E-state index contributed by atoms with van der Waals surface area (Å²) in [6.07, 6.45) is 7.34. The standard InChI is InChI=1S/C25H26N10O/c1-33-15-21(14-30-33)35-16-29-22-23(31-25(32-24(22)35)34-8-10-36-11-9-34)28-13-20-7-4-18(12-27-20)17-2-5-19(26)6-3-17/h2-7,12,14-16H,8-11,13,26H2,1H3,(H,28,31,32). The summed E-state index contributed by atoms with van der Waals surface area (Å²) in [7, 11) is 1.88. The largest absolute Gasteiger partial charge is 0.399 e. The van der Waals surface area contributed by atoms with E-state index in [1.807, 2.05) is 54.3 Å². The molecule has 182 valence electrons. The molecule has 0 spiro atoms. The molecule has 11 nitrogen and oxygen atoms in total. The smallest absolute Gasteiger partial charge is 0.229 e. The Kier molecular flexibility index (Phi) is 5.66. The number of morpholine rings is 1. The molecule has 1 fully saturated rings. The number of aromatic nitrogens is 7. The van der Waals surface area contributed by atoms with Gasteiger partial charge in [-0.05, 0) is 23.8 Å². The summed E-state index contributed by atoms with van der Waals surface area (Å²) in [5.41, 5.74) is 11.8. The van der Waals surface area contributed by atoms with E-state index in [9.17, 15) is 0 Å². The number of nitrogens with zero attached hydrogens (tertiary/aromatic N) is 8. The van der Waals surface area contributed by atoms with E-state index in [4.69, 9.17) is 20.4 Å². The van der Waals surface area contributed by atoms with Gasteiger partial charge >= 0.3 is 0 Å². The number of hydrogen-bond acceptors (Lipinski definition) is 9. The summed E-state index contributed by atoms with van der Waals surface area (Å²) in [5, 5.41) is 7.73. The van der Waals surface area contributed by atoms with Gasteiger partial charge in [-0.25, -0.2) is 4.98 Å². The van der Waals surface area contributed by atoms with E-state index >= 15 is 0 Å². The third-order valence-electron chi connectivity index (χ3n) is 6.15. The molecule has 1 aromatic carbocycles. The third-order valence-corrected chi connectivity index (χ3v) is 6.15. The number of nitrogens with two attached hydrogens (primary N) is 1. The highest BCUT2D eigenvalue weighted by molar-refractivity contribution is 5.85. The van der Waals surface area contributed by atoms with Crippen LogP contribution < -0.4 is 16.0 Å². The Balaban J connectivity index is 1.30. The third kappa shape index (κ3) is 4.31. The summed E-state index contributed by atoms with van der Waals surface area (Å²) in [5.74, 6) is 1.30. The number of imidazole rings is 1. The van der Waals surface area contributed by atoms with Crippen LogP contribution in [0.1, 0.15) is 5.69 Å². The van der Waals surface area contributed by atoms with E-state index in [2.05, 4.69) is 31.3 Å². The van der Waals surface area contributed by atoms with Crippen molar-refractivity contribution in [3.8, 4) is 16.8 Å². The molecule has 0 aliphatic carbocycles. The summed E-state index contributed by atoms with van der Waals surface area (Å²) >= 11 is 0. The number of fused-ring (bicyclic) bond motifs is 1. The Labute approximate surface area is 207 Å². The number of anilines is 3. The van der Waals surface area contributed by atoms with Crippen molar-refractivity contribution in [3.05, 3.63) is 67.0 Å². The summed E-state index contributed by atoms with van der Waals surface area (Å²) in [6, 6.07) is 11.8. The summed E-state index contributed by atoms with van der Waals surface area (Å²) < 4.78 is 9.20. The van der Waals surface area contributed by atoms with Crippen LogP contribution in [0.3, 0.4) is 0 Å². The van der Waals surface area contributed by atoms with Gasteiger partial charge < -0.3 is 20.7 Å². The fourth-order valence-electron chi connectivity index (χ4n) is 4.19. The number of nitrogens with one attached hydrogen (secondary N) is 1. The Morgan fingerprint density at radius 1 is 0.972 bits per heavy atom. The SMILES string of the molecule is Cn1cc(-n2cnc3c(NCc4ccc(-c5ccc(N)cc5)cn4)nc(N4CCOCC4)nc32)cn1. The van der Waals surface area contributed by atoms with E-state index < -0.39 is 0 Å². The molecule has 0 atom stereocenters. The van der Waals surface area contributed by atoms with Crippen LogP contribution >= 0.6 is 0 Å². The second-order valence-electron chi connectivity index (χ2n) is 8.64. The molecule has 1 aliphatic heterocycles. The van der Waals surface area contributed by atoms with Gasteiger partial charge in [0.1, 0.15) is 6.33 Å². The van der Waals surface area contributed by atoms with Crippen LogP contribution in [0.2, 0.25) is 0 Å². The van der Waals surface area contributed by atoms with Gasteiger partial charge in [-0.2, -0.15) is 15.1 Å². The van der Waals surface area contributed by atoms with E-state index in [1.165, 1.54) is 0 Å². The minimum absolute atomic E-state index is 0.496. The molecule has 1 aliphatic rings. The minimum atomic E-state index is 0.496. The lowest BCUT2D eigenvalue weighted by Gasteiger charge is -2.27. The lowest BCUT2D eigenvalue weighted by atomic mass is 10.1. The van der Waals surface area contributed by atoms with Gasteiger partial charge in [-0.3, -0.25) is 14.2 Å². The second-order valence-corrected chi connectivity index (χ2v) is 8.64. The maximum Gasteiger partial charge on any atom is 0.229 e. The van der Waals surface area contributed by atoms with Crippen molar-refractivity contribution < 1.29 is 4.74 Å². The van der Waals surface area contributed by atoms with Gasteiger partial charge in [-0.1, -0.05) is 18.2 Å². The molecule has 5 aromatic rings. The van der Waals surface area contributed by atoms with Crippen LogP contribution in [-0.4, -0.2) is 60.6 Å².